The van der Waals surface area contributed by atoms with Gasteiger partial charge in [-0.2, -0.15) is 0 Å². The Bertz CT molecular complexity index is 893. The third-order valence-electron chi connectivity index (χ3n) is 5.16. The molecule has 3 rings (SSSR count). The van der Waals surface area contributed by atoms with Gasteiger partial charge in [-0.25, -0.2) is 14.4 Å². The van der Waals surface area contributed by atoms with Gasteiger partial charge in [0.15, 0.2) is 0 Å². The van der Waals surface area contributed by atoms with Gasteiger partial charge in [0.1, 0.15) is 30.1 Å². The van der Waals surface area contributed by atoms with Gasteiger partial charge in [-0.3, -0.25) is 9.80 Å². The Morgan fingerprint density at radius 3 is 2.53 bits per heavy atom. The summed E-state index contributed by atoms with van der Waals surface area (Å²) in [4.78, 5) is 40.4. The van der Waals surface area contributed by atoms with E-state index in [9.17, 15) is 14.4 Å². The van der Waals surface area contributed by atoms with Crippen LogP contribution in [-0.2, 0) is 32.1 Å². The maximum Gasteiger partial charge on any atom is 0.411 e. The van der Waals surface area contributed by atoms with E-state index in [0.717, 1.165) is 11.1 Å². The number of esters is 1. The molecule has 2 atom stereocenters. The van der Waals surface area contributed by atoms with Gasteiger partial charge in [-0.1, -0.05) is 18.7 Å². The number of fused-ring (bicyclic) bond motifs is 1. The molecule has 32 heavy (non-hydrogen) atoms. The highest BCUT2D eigenvalue weighted by atomic mass is 16.6. The van der Waals surface area contributed by atoms with Crippen molar-refractivity contribution in [2.45, 2.75) is 58.0 Å². The van der Waals surface area contributed by atoms with E-state index >= 15 is 0 Å². The molecule has 0 aliphatic carbocycles. The molecule has 0 N–H and O–H groups in total. The van der Waals surface area contributed by atoms with Crippen LogP contribution in [0, 0.1) is 0 Å². The van der Waals surface area contributed by atoms with Gasteiger partial charge in [0.2, 0.25) is 0 Å². The van der Waals surface area contributed by atoms with Gasteiger partial charge < -0.3 is 18.9 Å². The van der Waals surface area contributed by atoms with Gasteiger partial charge in [0, 0.05) is 19.5 Å². The molecule has 0 unspecified atom stereocenters. The first-order chi connectivity index (χ1) is 15.1. The maximum absolute atomic E-state index is 12.8. The number of ether oxygens (including phenoxy) is 4. The Hall–Kier alpha value is -3.23. The molecule has 2 heterocycles. The summed E-state index contributed by atoms with van der Waals surface area (Å²) >= 11 is 0. The monoisotopic (exact) mass is 446 g/mol. The Labute approximate surface area is 187 Å². The molecular weight excluding hydrogens is 416 g/mol. The fraction of sp³-hybridized carbons (Fsp3) is 0.522. The Kier molecular flexibility index (Phi) is 6.96. The summed E-state index contributed by atoms with van der Waals surface area (Å²) in [7, 11) is 1.25. The summed E-state index contributed by atoms with van der Waals surface area (Å²) in [5.41, 5.74) is 1.28. The number of carbonyl (C=O) groups excluding carboxylic acids is 3. The van der Waals surface area contributed by atoms with Crippen molar-refractivity contribution < 1.29 is 33.3 Å². The van der Waals surface area contributed by atoms with Crippen molar-refractivity contribution in [3.8, 4) is 5.75 Å². The zero-order chi connectivity index (χ0) is 23.5. The molecule has 2 aliphatic heterocycles. The van der Waals surface area contributed by atoms with Crippen LogP contribution in [0.25, 0.3) is 0 Å². The standard InChI is InChI=1S/C23H30N2O7/c1-6-9-30-17-8-7-15-12-24(13-16(15)10-17)21(27)31-18-11-19(20(26)29-5)25(14-18)22(28)32-23(2,3)4/h6-8,10,18-19H,1,9,11-14H2,2-5H3/t18-,19+/m1/s1. The van der Waals surface area contributed by atoms with Gasteiger partial charge in [-0.15, -0.1) is 0 Å². The molecule has 0 aromatic heterocycles. The number of benzene rings is 1. The highest BCUT2D eigenvalue weighted by Gasteiger charge is 2.44. The van der Waals surface area contributed by atoms with Gasteiger partial charge in [0.05, 0.1) is 13.7 Å². The molecule has 1 saturated heterocycles. The highest BCUT2D eigenvalue weighted by molar-refractivity contribution is 5.82. The van der Waals surface area contributed by atoms with E-state index in [1.54, 1.807) is 31.7 Å². The minimum Gasteiger partial charge on any atom is -0.490 e. The number of amides is 2. The molecule has 1 fully saturated rings. The van der Waals surface area contributed by atoms with Crippen LogP contribution in [0.3, 0.4) is 0 Å². The van der Waals surface area contributed by atoms with Crippen molar-refractivity contribution in [3.63, 3.8) is 0 Å². The fourth-order valence-electron chi connectivity index (χ4n) is 3.73. The molecular formula is C23H30N2O7. The lowest BCUT2D eigenvalue weighted by atomic mass is 10.1. The second kappa shape index (κ2) is 9.50. The predicted octanol–water partition coefficient (Wildman–Crippen LogP) is 3.25. The van der Waals surface area contributed by atoms with Gasteiger partial charge in [0.25, 0.3) is 0 Å². The lowest BCUT2D eigenvalue weighted by Crippen LogP contribution is -2.44. The first-order valence-corrected chi connectivity index (χ1v) is 10.5. The minimum atomic E-state index is -0.868. The maximum atomic E-state index is 12.8. The fourth-order valence-corrected chi connectivity index (χ4v) is 3.73. The van der Waals surface area contributed by atoms with Crippen molar-refractivity contribution >= 4 is 18.2 Å². The average Bonchev–Trinajstić information content (AvgIpc) is 3.34. The Morgan fingerprint density at radius 2 is 1.88 bits per heavy atom. The Balaban J connectivity index is 1.62. The topological polar surface area (TPSA) is 94.6 Å². The van der Waals surface area contributed by atoms with Crippen molar-refractivity contribution in [3.05, 3.63) is 42.0 Å². The summed E-state index contributed by atoms with van der Waals surface area (Å²) in [5, 5.41) is 0. The van der Waals surface area contributed by atoms with Crippen LogP contribution in [0.1, 0.15) is 38.3 Å². The third-order valence-corrected chi connectivity index (χ3v) is 5.16. The third kappa shape index (κ3) is 5.52. The molecule has 0 spiro atoms. The number of hydrogen-bond acceptors (Lipinski definition) is 7. The van der Waals surface area contributed by atoms with Crippen molar-refractivity contribution in [1.29, 1.82) is 0 Å². The molecule has 2 amide bonds. The van der Waals surface area contributed by atoms with E-state index in [1.807, 2.05) is 18.2 Å². The second-order valence-electron chi connectivity index (χ2n) is 8.80. The van der Waals surface area contributed by atoms with Crippen LogP contribution in [0.5, 0.6) is 5.75 Å². The number of methoxy groups -OCH3 is 1. The summed E-state index contributed by atoms with van der Waals surface area (Å²) < 4.78 is 21.4. The van der Waals surface area contributed by atoms with Crippen LogP contribution in [0.4, 0.5) is 9.59 Å². The minimum absolute atomic E-state index is 0.0563. The molecule has 1 aromatic rings. The van der Waals surface area contributed by atoms with E-state index in [2.05, 4.69) is 6.58 Å². The smallest absolute Gasteiger partial charge is 0.411 e. The number of nitrogens with zero attached hydrogens (tertiary/aromatic N) is 2. The highest BCUT2D eigenvalue weighted by Crippen LogP contribution is 2.29. The van der Waals surface area contributed by atoms with E-state index in [1.165, 1.54) is 12.0 Å². The summed E-state index contributed by atoms with van der Waals surface area (Å²) in [6, 6.07) is 4.81. The van der Waals surface area contributed by atoms with Crippen molar-refractivity contribution in [2.75, 3.05) is 20.3 Å². The quantitative estimate of drug-likeness (QED) is 0.389. The second-order valence-corrected chi connectivity index (χ2v) is 8.80. The zero-order valence-electron chi connectivity index (χ0n) is 19.0. The van der Waals surface area contributed by atoms with Crippen LogP contribution < -0.4 is 4.74 Å². The zero-order valence-corrected chi connectivity index (χ0v) is 19.0. The first kappa shape index (κ1) is 23.4. The summed E-state index contributed by atoms with van der Waals surface area (Å²) in [6.45, 7) is 10.1. The Morgan fingerprint density at radius 1 is 1.16 bits per heavy atom. The largest absolute Gasteiger partial charge is 0.490 e. The molecule has 9 heteroatoms. The van der Waals surface area contributed by atoms with Crippen LogP contribution in [0.2, 0.25) is 0 Å². The molecule has 0 bridgehead atoms. The lowest BCUT2D eigenvalue weighted by Gasteiger charge is -2.27. The van der Waals surface area contributed by atoms with Crippen LogP contribution >= 0.6 is 0 Å². The summed E-state index contributed by atoms with van der Waals surface area (Å²) in [6.07, 6.45) is 0.0225. The van der Waals surface area contributed by atoms with E-state index < -0.39 is 35.9 Å². The molecule has 174 valence electrons. The lowest BCUT2D eigenvalue weighted by molar-refractivity contribution is -0.145. The molecule has 1 aromatic carbocycles. The van der Waals surface area contributed by atoms with Crippen molar-refractivity contribution in [2.24, 2.45) is 0 Å². The average molecular weight is 447 g/mol. The van der Waals surface area contributed by atoms with E-state index in [0.29, 0.717) is 25.4 Å². The van der Waals surface area contributed by atoms with Gasteiger partial charge >= 0.3 is 18.2 Å². The molecule has 0 radical (unpaired) electrons. The van der Waals surface area contributed by atoms with Gasteiger partial charge in [-0.05, 0) is 44.0 Å². The predicted molar refractivity (Wildman–Crippen MR) is 115 cm³/mol. The molecule has 9 nitrogen and oxygen atoms in total. The first-order valence-electron chi connectivity index (χ1n) is 10.5. The van der Waals surface area contributed by atoms with E-state index in [4.69, 9.17) is 18.9 Å². The SMILES string of the molecule is C=CCOc1ccc2c(c1)CN(C(=O)O[C@@H]1C[C@@H](C(=O)OC)N(C(=O)OC(C)(C)C)C1)C2. The van der Waals surface area contributed by atoms with E-state index in [-0.39, 0.29) is 13.0 Å². The van der Waals surface area contributed by atoms with Crippen LogP contribution in [-0.4, -0.2) is 66.0 Å². The summed E-state index contributed by atoms with van der Waals surface area (Å²) in [5.74, 6) is 0.138. The number of rotatable bonds is 5. The van der Waals surface area contributed by atoms with Crippen LogP contribution in [0.15, 0.2) is 30.9 Å². The van der Waals surface area contributed by atoms with Crippen molar-refractivity contribution in [1.82, 2.24) is 9.80 Å². The number of likely N-dealkylation sites (tertiary alicyclic amines) is 1. The molecule has 2 aliphatic rings. The normalized spacial score (nSPS) is 19.9. The number of hydrogen-bond donors (Lipinski definition) is 0. The number of carbonyl (C=O) groups is 3. The molecule has 0 saturated carbocycles.